The summed E-state index contributed by atoms with van der Waals surface area (Å²) in [4.78, 5) is 12.5. The third-order valence-corrected chi connectivity index (χ3v) is 4.24. The highest BCUT2D eigenvalue weighted by Crippen LogP contribution is 2.20. The van der Waals surface area contributed by atoms with Crippen molar-refractivity contribution in [2.75, 3.05) is 5.01 Å². The molecule has 0 aliphatic carbocycles. The van der Waals surface area contributed by atoms with Gasteiger partial charge in [0.1, 0.15) is 0 Å². The lowest BCUT2D eigenvalue weighted by Crippen LogP contribution is -2.32. The first kappa shape index (κ1) is 18.1. The van der Waals surface area contributed by atoms with E-state index in [-0.39, 0.29) is 10.7 Å². The molecule has 0 saturated carbocycles. The Bertz CT molecular complexity index is 836. The number of halogens is 1. The average Bonchev–Trinajstić information content (AvgIpc) is 2.70. The summed E-state index contributed by atoms with van der Waals surface area (Å²) >= 11 is 3.38. The van der Waals surface area contributed by atoms with Gasteiger partial charge in [-0.1, -0.05) is 94.8 Å². The zero-order valence-corrected chi connectivity index (χ0v) is 16.0. The quantitative estimate of drug-likeness (QED) is 0.323. The first-order valence-electron chi connectivity index (χ1n) is 8.39. The topological polar surface area (TPSA) is 32.7 Å². The Morgan fingerprint density at radius 2 is 1.23 bits per heavy atom. The Balaban J connectivity index is 2.16. The van der Waals surface area contributed by atoms with Gasteiger partial charge in [0.05, 0.1) is 16.2 Å². The Hall–Kier alpha value is -2.72. The SMILES string of the molecule is CC(Br)C(=O)N(N=C(c1ccccc1)c1ccccc1)c1ccccc1. The first-order chi connectivity index (χ1) is 12.7. The van der Waals surface area contributed by atoms with Crippen molar-refractivity contribution in [3.05, 3.63) is 102 Å². The molecule has 0 saturated heterocycles. The molecule has 130 valence electrons. The lowest BCUT2D eigenvalue weighted by atomic mass is 10.0. The number of benzene rings is 3. The number of anilines is 1. The number of hydrogen-bond acceptors (Lipinski definition) is 2. The van der Waals surface area contributed by atoms with E-state index in [0.29, 0.717) is 0 Å². The normalized spacial score (nSPS) is 11.5. The highest BCUT2D eigenvalue weighted by atomic mass is 79.9. The van der Waals surface area contributed by atoms with E-state index >= 15 is 0 Å². The molecule has 1 unspecified atom stereocenters. The molecule has 0 radical (unpaired) electrons. The van der Waals surface area contributed by atoms with Gasteiger partial charge < -0.3 is 0 Å². The van der Waals surface area contributed by atoms with Crippen LogP contribution >= 0.6 is 15.9 Å². The molecule has 3 aromatic carbocycles. The Labute approximate surface area is 162 Å². The Kier molecular flexibility index (Phi) is 5.97. The smallest absolute Gasteiger partial charge is 0.260 e. The van der Waals surface area contributed by atoms with E-state index in [0.717, 1.165) is 22.5 Å². The van der Waals surface area contributed by atoms with Crippen molar-refractivity contribution >= 4 is 33.2 Å². The van der Waals surface area contributed by atoms with Crippen molar-refractivity contribution in [1.29, 1.82) is 0 Å². The minimum absolute atomic E-state index is 0.124. The van der Waals surface area contributed by atoms with Gasteiger partial charge >= 0.3 is 0 Å². The number of nitrogens with zero attached hydrogens (tertiary/aromatic N) is 2. The molecule has 0 aliphatic heterocycles. The number of para-hydroxylation sites is 1. The number of carbonyl (C=O) groups is 1. The number of hydrazone groups is 1. The second-order valence-corrected chi connectivity index (χ2v) is 7.16. The molecule has 0 spiro atoms. The number of alkyl halides is 1. The molecule has 0 aliphatic rings. The molecule has 0 aromatic heterocycles. The van der Waals surface area contributed by atoms with E-state index in [1.807, 2.05) is 91.0 Å². The number of amides is 1. The van der Waals surface area contributed by atoms with Gasteiger partial charge in [0.2, 0.25) is 0 Å². The molecule has 4 heteroatoms. The summed E-state index contributed by atoms with van der Waals surface area (Å²) in [5.41, 5.74) is 3.38. The van der Waals surface area contributed by atoms with Gasteiger partial charge in [-0.05, 0) is 19.1 Å². The molecule has 26 heavy (non-hydrogen) atoms. The van der Waals surface area contributed by atoms with Crippen LogP contribution in [0.5, 0.6) is 0 Å². The van der Waals surface area contributed by atoms with Crippen LogP contribution in [0.4, 0.5) is 5.69 Å². The van der Waals surface area contributed by atoms with E-state index in [1.165, 1.54) is 5.01 Å². The monoisotopic (exact) mass is 406 g/mol. The fraction of sp³-hybridized carbons (Fsp3) is 0.0909. The highest BCUT2D eigenvalue weighted by molar-refractivity contribution is 9.10. The van der Waals surface area contributed by atoms with Crippen LogP contribution in [0.25, 0.3) is 0 Å². The van der Waals surface area contributed by atoms with Crippen LogP contribution in [0, 0.1) is 0 Å². The molecule has 1 amide bonds. The maximum Gasteiger partial charge on any atom is 0.260 e. The maximum atomic E-state index is 12.8. The lowest BCUT2D eigenvalue weighted by molar-refractivity contribution is -0.117. The minimum Gasteiger partial charge on any atom is -0.271 e. The van der Waals surface area contributed by atoms with Crippen LogP contribution in [-0.4, -0.2) is 16.4 Å². The third-order valence-electron chi connectivity index (χ3n) is 3.84. The predicted octanol–water partition coefficient (Wildman–Crippen LogP) is 5.26. The summed E-state index contributed by atoms with van der Waals surface area (Å²) in [6, 6.07) is 29.3. The van der Waals surface area contributed by atoms with Gasteiger partial charge in [-0.15, -0.1) is 0 Å². The molecule has 1 atom stereocenters. The van der Waals surface area contributed by atoms with Crippen molar-refractivity contribution in [3.63, 3.8) is 0 Å². The molecule has 0 fully saturated rings. The van der Waals surface area contributed by atoms with Gasteiger partial charge in [-0.25, -0.2) is 0 Å². The number of carbonyl (C=O) groups excluding carboxylic acids is 1. The molecule has 0 heterocycles. The van der Waals surface area contributed by atoms with Crippen LogP contribution in [0.3, 0.4) is 0 Å². The molecule has 3 rings (SSSR count). The zero-order chi connectivity index (χ0) is 18.4. The largest absolute Gasteiger partial charge is 0.271 e. The Morgan fingerprint density at radius 3 is 1.65 bits per heavy atom. The van der Waals surface area contributed by atoms with Crippen LogP contribution in [0.2, 0.25) is 0 Å². The van der Waals surface area contributed by atoms with E-state index in [1.54, 1.807) is 6.92 Å². The highest BCUT2D eigenvalue weighted by Gasteiger charge is 2.21. The third kappa shape index (κ3) is 4.27. The minimum atomic E-state index is -0.348. The van der Waals surface area contributed by atoms with Crippen LogP contribution < -0.4 is 5.01 Å². The molecule has 3 aromatic rings. The number of rotatable bonds is 5. The summed E-state index contributed by atoms with van der Waals surface area (Å²) in [7, 11) is 0. The summed E-state index contributed by atoms with van der Waals surface area (Å²) in [5, 5.41) is 6.25. The molecular weight excluding hydrogens is 388 g/mol. The second-order valence-electron chi connectivity index (χ2n) is 5.78. The van der Waals surface area contributed by atoms with E-state index in [4.69, 9.17) is 5.10 Å². The van der Waals surface area contributed by atoms with Gasteiger partial charge in [-0.2, -0.15) is 10.1 Å². The summed E-state index contributed by atoms with van der Waals surface area (Å²) in [6.45, 7) is 1.80. The van der Waals surface area contributed by atoms with Crippen molar-refractivity contribution < 1.29 is 4.79 Å². The van der Waals surface area contributed by atoms with E-state index in [2.05, 4.69) is 15.9 Å². The Morgan fingerprint density at radius 1 is 0.808 bits per heavy atom. The van der Waals surface area contributed by atoms with Crippen molar-refractivity contribution in [1.82, 2.24) is 0 Å². The summed E-state index contributed by atoms with van der Waals surface area (Å²) in [6.07, 6.45) is 0. The van der Waals surface area contributed by atoms with Crippen molar-refractivity contribution in [2.45, 2.75) is 11.8 Å². The van der Waals surface area contributed by atoms with Crippen LogP contribution in [0.15, 0.2) is 96.1 Å². The number of hydrogen-bond donors (Lipinski definition) is 0. The zero-order valence-electron chi connectivity index (χ0n) is 14.4. The van der Waals surface area contributed by atoms with E-state index < -0.39 is 0 Å². The van der Waals surface area contributed by atoms with Gasteiger partial charge in [0, 0.05) is 11.1 Å². The molecular formula is C22H19BrN2O. The summed E-state index contributed by atoms with van der Waals surface area (Å²) in [5.74, 6) is -0.124. The van der Waals surface area contributed by atoms with Gasteiger partial charge in [0.15, 0.2) is 0 Å². The standard InChI is InChI=1S/C22H19BrN2O/c1-17(23)22(26)25(20-15-9-4-10-16-20)24-21(18-11-5-2-6-12-18)19-13-7-3-8-14-19/h2-17H,1H3. The van der Waals surface area contributed by atoms with Gasteiger partial charge in [0.25, 0.3) is 5.91 Å². The first-order valence-corrected chi connectivity index (χ1v) is 9.31. The van der Waals surface area contributed by atoms with Crippen molar-refractivity contribution in [2.24, 2.45) is 5.10 Å². The molecule has 0 bridgehead atoms. The lowest BCUT2D eigenvalue weighted by Gasteiger charge is -2.21. The predicted molar refractivity (Wildman–Crippen MR) is 111 cm³/mol. The van der Waals surface area contributed by atoms with Crippen molar-refractivity contribution in [3.8, 4) is 0 Å². The second kappa shape index (κ2) is 8.59. The average molecular weight is 407 g/mol. The molecule has 0 N–H and O–H groups in total. The molecule has 3 nitrogen and oxygen atoms in total. The van der Waals surface area contributed by atoms with Crippen LogP contribution in [-0.2, 0) is 4.79 Å². The summed E-state index contributed by atoms with van der Waals surface area (Å²) < 4.78 is 0. The fourth-order valence-corrected chi connectivity index (χ4v) is 2.74. The van der Waals surface area contributed by atoms with E-state index in [9.17, 15) is 4.79 Å². The van der Waals surface area contributed by atoms with Crippen LogP contribution in [0.1, 0.15) is 18.1 Å². The fourth-order valence-electron chi connectivity index (χ4n) is 2.55. The maximum absolute atomic E-state index is 12.8. The van der Waals surface area contributed by atoms with Gasteiger partial charge in [-0.3, -0.25) is 4.79 Å².